The molecule has 0 unspecified atom stereocenters. The topological polar surface area (TPSA) is 79.0 Å². The number of rotatable bonds is 6. The van der Waals surface area contributed by atoms with E-state index in [9.17, 15) is 0 Å². The number of hydrogen-bond acceptors (Lipinski definition) is 7. The number of nitrogens with zero attached hydrogens (tertiary/aromatic N) is 4. The SMILES string of the molecule is Cc1[nH]nc2nc(-c3c[c-]c(NSc4ccccc4)cc3)nc(OC3CCN(C)CC3)c12.[W]. The van der Waals surface area contributed by atoms with Crippen LogP contribution in [0, 0.1) is 13.0 Å². The predicted molar refractivity (Wildman–Crippen MR) is 128 cm³/mol. The molecule has 7 nitrogen and oxygen atoms in total. The van der Waals surface area contributed by atoms with Gasteiger partial charge in [-0.25, -0.2) is 9.97 Å². The Morgan fingerprint density at radius 3 is 2.64 bits per heavy atom. The minimum atomic E-state index is 0. The molecular formula is C24H25N6OSW-. The second-order valence-electron chi connectivity index (χ2n) is 8.03. The first kappa shape index (κ1) is 23.7. The molecule has 0 radical (unpaired) electrons. The molecule has 33 heavy (non-hydrogen) atoms. The molecule has 2 N–H and O–H groups in total. The molecule has 1 aliphatic heterocycles. The Morgan fingerprint density at radius 2 is 1.91 bits per heavy atom. The first-order valence-corrected chi connectivity index (χ1v) is 11.6. The number of hydrogen-bond donors (Lipinski definition) is 2. The van der Waals surface area contributed by atoms with Gasteiger partial charge in [-0.15, -0.1) is 6.07 Å². The van der Waals surface area contributed by atoms with E-state index < -0.39 is 0 Å². The van der Waals surface area contributed by atoms with Crippen LogP contribution in [0.2, 0.25) is 0 Å². The quantitative estimate of drug-likeness (QED) is 0.236. The Labute approximate surface area is 212 Å². The van der Waals surface area contributed by atoms with Crippen molar-refractivity contribution in [1.29, 1.82) is 0 Å². The third-order valence-corrected chi connectivity index (χ3v) is 6.43. The van der Waals surface area contributed by atoms with Crippen molar-refractivity contribution in [1.82, 2.24) is 25.1 Å². The first-order valence-electron chi connectivity index (χ1n) is 10.7. The van der Waals surface area contributed by atoms with Gasteiger partial charge in [0.15, 0.2) is 5.65 Å². The zero-order valence-corrected chi connectivity index (χ0v) is 22.3. The zero-order chi connectivity index (χ0) is 21.9. The van der Waals surface area contributed by atoms with E-state index in [1.165, 1.54) is 0 Å². The van der Waals surface area contributed by atoms with Crippen LogP contribution < -0.4 is 9.46 Å². The summed E-state index contributed by atoms with van der Waals surface area (Å²) < 4.78 is 9.68. The van der Waals surface area contributed by atoms with Crippen molar-refractivity contribution >= 4 is 28.7 Å². The van der Waals surface area contributed by atoms with Crippen molar-refractivity contribution in [2.75, 3.05) is 24.9 Å². The molecule has 1 saturated heterocycles. The van der Waals surface area contributed by atoms with Crippen LogP contribution in [0.25, 0.3) is 22.4 Å². The molecule has 9 heteroatoms. The first-order chi connectivity index (χ1) is 15.7. The molecule has 1 fully saturated rings. The van der Waals surface area contributed by atoms with E-state index in [2.05, 4.69) is 50.1 Å². The summed E-state index contributed by atoms with van der Waals surface area (Å²) in [7, 11) is 2.14. The third-order valence-electron chi connectivity index (χ3n) is 5.60. The minimum Gasteiger partial charge on any atom is -0.474 e. The van der Waals surface area contributed by atoms with Gasteiger partial charge in [-0.1, -0.05) is 29.4 Å². The predicted octanol–water partition coefficient (Wildman–Crippen LogP) is 4.72. The molecule has 0 amide bonds. The molecule has 2 aromatic heterocycles. The molecule has 0 spiro atoms. The Morgan fingerprint density at radius 1 is 1.12 bits per heavy atom. The maximum atomic E-state index is 6.37. The summed E-state index contributed by atoms with van der Waals surface area (Å²) in [6.07, 6.45) is 2.13. The number of H-pyrrole nitrogens is 1. The zero-order valence-electron chi connectivity index (χ0n) is 18.5. The monoisotopic (exact) mass is 629 g/mol. The summed E-state index contributed by atoms with van der Waals surface area (Å²) >= 11 is 1.55. The average Bonchev–Trinajstić information content (AvgIpc) is 3.21. The molecule has 0 aliphatic carbocycles. The number of ether oxygens (including phenoxy) is 1. The standard InChI is InChI=1S/C24H25N6OS.W/c1-16-21-23(28-27-16)25-22(26-24(21)31-19-12-14-30(2)15-13-19)17-8-10-18(11-9-17)29-32-20-6-4-3-5-7-20;/h3-10,19,29H,12-15H2,1-2H3,(H,25,26,27,28);/q-1;. The van der Waals surface area contributed by atoms with E-state index in [0.717, 1.165) is 53.2 Å². The van der Waals surface area contributed by atoms with Crippen molar-refractivity contribution in [3.63, 3.8) is 0 Å². The molecule has 0 saturated carbocycles. The number of aryl methyl sites for hydroxylation is 1. The van der Waals surface area contributed by atoms with Crippen molar-refractivity contribution in [2.45, 2.75) is 30.8 Å². The van der Waals surface area contributed by atoms with E-state index in [1.54, 1.807) is 11.9 Å². The van der Waals surface area contributed by atoms with Gasteiger partial charge in [-0.05, 0) is 50.9 Å². The van der Waals surface area contributed by atoms with Crippen LogP contribution in [-0.2, 0) is 21.1 Å². The summed E-state index contributed by atoms with van der Waals surface area (Å²) in [6.45, 7) is 4.03. The largest absolute Gasteiger partial charge is 0.474 e. The van der Waals surface area contributed by atoms with Crippen LogP contribution in [0.3, 0.4) is 0 Å². The van der Waals surface area contributed by atoms with Crippen molar-refractivity contribution in [3.8, 4) is 17.3 Å². The molecule has 0 atom stereocenters. The van der Waals surface area contributed by atoms with Gasteiger partial charge in [-0.3, -0.25) is 5.10 Å². The maximum Gasteiger partial charge on any atom is 0.227 e. The molecule has 3 heterocycles. The Bertz CT molecular complexity index is 1190. The smallest absolute Gasteiger partial charge is 0.227 e. The van der Waals surface area contributed by atoms with Crippen molar-refractivity contribution in [2.24, 2.45) is 0 Å². The van der Waals surface area contributed by atoms with Gasteiger partial charge in [0.2, 0.25) is 5.88 Å². The summed E-state index contributed by atoms with van der Waals surface area (Å²) in [4.78, 5) is 12.9. The maximum absolute atomic E-state index is 6.37. The van der Waals surface area contributed by atoms with Gasteiger partial charge in [0.1, 0.15) is 17.3 Å². The van der Waals surface area contributed by atoms with Crippen LogP contribution in [-0.4, -0.2) is 51.3 Å². The van der Waals surface area contributed by atoms with Gasteiger partial charge in [0.05, 0.1) is 0 Å². The molecular weight excluding hydrogens is 604 g/mol. The van der Waals surface area contributed by atoms with Crippen LogP contribution in [0.15, 0.2) is 53.4 Å². The number of aromatic nitrogens is 4. The molecule has 1 aliphatic rings. The second-order valence-corrected chi connectivity index (χ2v) is 8.91. The van der Waals surface area contributed by atoms with E-state index in [1.807, 2.05) is 43.3 Å². The fourth-order valence-corrected chi connectivity index (χ4v) is 4.38. The number of benzene rings is 2. The minimum absolute atomic E-state index is 0. The number of aromatic amines is 1. The summed E-state index contributed by atoms with van der Waals surface area (Å²) in [6, 6.07) is 19.3. The number of piperidine rings is 1. The third kappa shape index (κ3) is 5.57. The Balaban J connectivity index is 0.00000259. The fourth-order valence-electron chi connectivity index (χ4n) is 3.74. The van der Waals surface area contributed by atoms with Crippen LogP contribution >= 0.6 is 11.9 Å². The van der Waals surface area contributed by atoms with Crippen molar-refractivity contribution in [3.05, 3.63) is 60.3 Å². The fraction of sp³-hybridized carbons (Fsp3) is 0.292. The van der Waals surface area contributed by atoms with Gasteiger partial charge >= 0.3 is 0 Å². The number of likely N-dealkylation sites (tertiary alicyclic amines) is 1. The van der Waals surface area contributed by atoms with Crippen molar-refractivity contribution < 1.29 is 25.8 Å². The second kappa shape index (κ2) is 10.7. The van der Waals surface area contributed by atoms with Gasteiger partial charge < -0.3 is 14.4 Å². The van der Waals surface area contributed by atoms with Gasteiger partial charge in [0, 0.05) is 44.7 Å². The van der Waals surface area contributed by atoms with E-state index in [4.69, 9.17) is 9.72 Å². The summed E-state index contributed by atoms with van der Waals surface area (Å²) in [5, 5.41) is 8.24. The Kier molecular flexibility index (Phi) is 7.68. The molecule has 0 bridgehead atoms. The van der Waals surface area contributed by atoms with E-state index in [-0.39, 0.29) is 27.2 Å². The average molecular weight is 629 g/mol. The normalized spacial score (nSPS) is 14.7. The van der Waals surface area contributed by atoms with Crippen LogP contribution in [0.1, 0.15) is 18.5 Å². The van der Waals surface area contributed by atoms with E-state index in [0.29, 0.717) is 17.4 Å². The van der Waals surface area contributed by atoms with Crippen LogP contribution in [0.4, 0.5) is 5.69 Å². The number of anilines is 1. The Hall–Kier alpha value is -2.41. The number of fused-ring (bicyclic) bond motifs is 1. The van der Waals surface area contributed by atoms with Crippen LogP contribution in [0.5, 0.6) is 5.88 Å². The molecule has 4 aromatic rings. The molecule has 5 rings (SSSR count). The van der Waals surface area contributed by atoms with Gasteiger partial charge in [-0.2, -0.15) is 23.3 Å². The molecule has 2 aromatic carbocycles. The summed E-state index contributed by atoms with van der Waals surface area (Å²) in [5.74, 6) is 1.19. The van der Waals surface area contributed by atoms with Gasteiger partial charge in [0.25, 0.3) is 0 Å². The van der Waals surface area contributed by atoms with E-state index >= 15 is 0 Å². The number of nitrogens with one attached hydrogen (secondary N) is 2. The summed E-state index contributed by atoms with van der Waals surface area (Å²) in [5.41, 5.74) is 3.30. The molecule has 170 valence electrons.